The largest absolute Gasteiger partial charge is 0.369 e. The number of ether oxygens (including phenoxy) is 1. The van der Waals surface area contributed by atoms with Gasteiger partial charge in [0.1, 0.15) is 18.7 Å². The second-order valence-corrected chi connectivity index (χ2v) is 10.7. The van der Waals surface area contributed by atoms with Crippen molar-refractivity contribution < 1.29 is 19.1 Å². The maximum Gasteiger partial charge on any atom is 0.251 e. The lowest BCUT2D eigenvalue weighted by Gasteiger charge is -2.37. The number of amides is 2. The Morgan fingerprint density at radius 3 is 2.41 bits per heavy atom. The van der Waals surface area contributed by atoms with Gasteiger partial charge >= 0.3 is 0 Å². The van der Waals surface area contributed by atoms with Crippen molar-refractivity contribution in [3.05, 3.63) is 29.8 Å². The minimum atomic E-state index is -0.735. The van der Waals surface area contributed by atoms with E-state index in [1.54, 1.807) is 4.90 Å². The third kappa shape index (κ3) is 4.70. The average Bonchev–Trinajstić information content (AvgIpc) is 3.37. The van der Waals surface area contributed by atoms with Crippen LogP contribution in [0.4, 0.5) is 5.69 Å². The quantitative estimate of drug-likeness (QED) is 0.683. The highest BCUT2D eigenvalue weighted by molar-refractivity contribution is 5.99. The van der Waals surface area contributed by atoms with Gasteiger partial charge in [0.2, 0.25) is 5.91 Å². The number of hydrogen-bond donors (Lipinski definition) is 1. The van der Waals surface area contributed by atoms with Crippen LogP contribution in [0, 0.1) is 11.3 Å². The first-order valence-electron chi connectivity index (χ1n) is 12.4. The molecule has 3 heterocycles. The summed E-state index contributed by atoms with van der Waals surface area (Å²) in [4.78, 5) is 45.7. The number of benzene rings is 1. The van der Waals surface area contributed by atoms with E-state index in [1.807, 2.05) is 52.0 Å². The van der Waals surface area contributed by atoms with Crippen LogP contribution in [0.5, 0.6) is 0 Å². The van der Waals surface area contributed by atoms with Gasteiger partial charge in [-0.25, -0.2) is 0 Å². The predicted octanol–water partition coefficient (Wildman–Crippen LogP) is 1.79. The molecule has 1 aromatic carbocycles. The number of carbonyl (C=O) groups is 3. The van der Waals surface area contributed by atoms with Crippen LogP contribution in [-0.2, 0) is 14.3 Å². The number of piperazine rings is 1. The molecule has 0 saturated carbocycles. The van der Waals surface area contributed by atoms with Crippen molar-refractivity contribution >= 4 is 23.3 Å². The number of nitrogens with zero attached hydrogens (tertiary/aromatic N) is 3. The molecule has 3 aliphatic rings. The number of nitrogens with one attached hydrogen (secondary N) is 1. The van der Waals surface area contributed by atoms with Gasteiger partial charge in [-0.05, 0) is 43.1 Å². The Morgan fingerprint density at radius 1 is 1.15 bits per heavy atom. The van der Waals surface area contributed by atoms with Crippen molar-refractivity contribution in [2.45, 2.75) is 52.3 Å². The van der Waals surface area contributed by atoms with E-state index in [9.17, 15) is 14.4 Å². The Kier molecular flexibility index (Phi) is 7.01. The highest BCUT2D eigenvalue weighted by Crippen LogP contribution is 2.35. The summed E-state index contributed by atoms with van der Waals surface area (Å²) in [5.41, 5.74) is 1.15. The summed E-state index contributed by atoms with van der Waals surface area (Å²) in [6.45, 7) is 12.5. The van der Waals surface area contributed by atoms with Gasteiger partial charge in [-0.2, -0.15) is 0 Å². The summed E-state index contributed by atoms with van der Waals surface area (Å²) in [5.74, 6) is -0.444. The van der Waals surface area contributed by atoms with E-state index in [0.29, 0.717) is 18.5 Å². The molecule has 0 aliphatic carbocycles. The van der Waals surface area contributed by atoms with Gasteiger partial charge in [0.05, 0.1) is 6.10 Å². The van der Waals surface area contributed by atoms with E-state index in [0.717, 1.165) is 31.9 Å². The van der Waals surface area contributed by atoms with E-state index < -0.39 is 17.5 Å². The summed E-state index contributed by atoms with van der Waals surface area (Å²) in [6, 6.07) is 6.32. The first kappa shape index (κ1) is 24.7. The number of rotatable bonds is 6. The van der Waals surface area contributed by atoms with Crippen molar-refractivity contribution in [3.8, 4) is 0 Å². The Bertz CT molecular complexity index is 923. The van der Waals surface area contributed by atoms with E-state index in [1.165, 1.54) is 0 Å². The Morgan fingerprint density at radius 2 is 1.79 bits per heavy atom. The van der Waals surface area contributed by atoms with Gasteiger partial charge in [0.15, 0.2) is 5.78 Å². The van der Waals surface area contributed by atoms with Gasteiger partial charge in [-0.3, -0.25) is 14.4 Å². The topological polar surface area (TPSA) is 82.2 Å². The lowest BCUT2D eigenvalue weighted by molar-refractivity contribution is -0.140. The van der Waals surface area contributed by atoms with Gasteiger partial charge in [0, 0.05) is 49.9 Å². The molecule has 1 aromatic rings. The molecule has 2 amide bonds. The normalized spacial score (nSPS) is 26.5. The molecule has 186 valence electrons. The molecule has 34 heavy (non-hydrogen) atoms. The predicted molar refractivity (Wildman–Crippen MR) is 131 cm³/mol. The highest BCUT2D eigenvalue weighted by atomic mass is 16.5. The second-order valence-electron chi connectivity index (χ2n) is 10.7. The molecule has 4 rings (SSSR count). The van der Waals surface area contributed by atoms with Gasteiger partial charge < -0.3 is 24.8 Å². The number of Topliss-reactive ketones (excluding diaryl/α,β-unsaturated/α-hetero) is 1. The average molecular weight is 471 g/mol. The molecule has 4 atom stereocenters. The van der Waals surface area contributed by atoms with E-state index in [-0.39, 0.29) is 36.2 Å². The number of hydrogen-bond acceptors (Lipinski definition) is 6. The molecule has 8 nitrogen and oxygen atoms in total. The molecule has 8 heteroatoms. The van der Waals surface area contributed by atoms with Crippen molar-refractivity contribution in [1.82, 2.24) is 15.1 Å². The molecule has 3 saturated heterocycles. The number of likely N-dealkylation sites (tertiary alicyclic amines) is 1. The van der Waals surface area contributed by atoms with Crippen LogP contribution in [-0.4, -0.2) is 92.0 Å². The number of ketones is 1. The lowest BCUT2D eigenvalue weighted by atomic mass is 9.80. The molecule has 3 fully saturated rings. The van der Waals surface area contributed by atoms with Crippen LogP contribution < -0.4 is 10.2 Å². The van der Waals surface area contributed by atoms with E-state index >= 15 is 0 Å². The molecule has 1 unspecified atom stereocenters. The van der Waals surface area contributed by atoms with Crippen LogP contribution in [0.3, 0.4) is 0 Å². The van der Waals surface area contributed by atoms with Crippen LogP contribution in [0.15, 0.2) is 24.3 Å². The Balaban J connectivity index is 1.49. The highest BCUT2D eigenvalue weighted by Gasteiger charge is 2.52. The van der Waals surface area contributed by atoms with Crippen LogP contribution in [0.25, 0.3) is 0 Å². The maximum absolute atomic E-state index is 13.7. The number of carbonyl (C=O) groups excluding carboxylic acids is 3. The fourth-order valence-electron chi connectivity index (χ4n) is 5.18. The summed E-state index contributed by atoms with van der Waals surface area (Å²) >= 11 is 0. The van der Waals surface area contributed by atoms with Crippen molar-refractivity contribution in [2.24, 2.45) is 11.3 Å². The third-order valence-corrected chi connectivity index (χ3v) is 7.94. The van der Waals surface area contributed by atoms with Gasteiger partial charge in [-0.15, -0.1) is 0 Å². The second kappa shape index (κ2) is 9.66. The van der Waals surface area contributed by atoms with Crippen molar-refractivity contribution in [2.75, 3.05) is 51.3 Å². The van der Waals surface area contributed by atoms with E-state index in [2.05, 4.69) is 22.2 Å². The fraction of sp³-hybridized carbons (Fsp3) is 0.654. The smallest absolute Gasteiger partial charge is 0.251 e. The Labute approximate surface area is 202 Å². The maximum atomic E-state index is 13.7. The number of likely N-dealkylation sites (N-methyl/N-ethyl adjacent to an activating group) is 1. The Hall–Kier alpha value is -2.45. The van der Waals surface area contributed by atoms with Crippen LogP contribution in [0.2, 0.25) is 0 Å². The lowest BCUT2D eigenvalue weighted by Crippen LogP contribution is -2.57. The first-order chi connectivity index (χ1) is 16.1. The summed E-state index contributed by atoms with van der Waals surface area (Å²) in [5, 5.41) is 3.01. The first-order valence-corrected chi connectivity index (χ1v) is 12.4. The summed E-state index contributed by atoms with van der Waals surface area (Å²) < 4.78 is 5.65. The minimum absolute atomic E-state index is 0.0529. The van der Waals surface area contributed by atoms with Crippen molar-refractivity contribution in [1.29, 1.82) is 0 Å². The number of anilines is 1. The fourth-order valence-corrected chi connectivity index (χ4v) is 5.18. The zero-order valence-electron chi connectivity index (χ0n) is 21.0. The van der Waals surface area contributed by atoms with E-state index in [4.69, 9.17) is 4.74 Å². The van der Waals surface area contributed by atoms with Gasteiger partial charge in [0.25, 0.3) is 5.91 Å². The standard InChI is InChI=1S/C26H38N4O4/c1-6-26(3,4)23(25(33)30-15-17(2)22-21(30)20(31)16-34-22)27-24(32)18-7-9-19(10-8-18)29-13-11-28(5)12-14-29/h7-10,17,21-23H,6,11-16H2,1-5H3,(H,27,32)/t17-,21+,22+,23?/m0/s1. The molecule has 0 radical (unpaired) electrons. The molecule has 0 aromatic heterocycles. The molecular formula is C26H38N4O4. The zero-order chi connectivity index (χ0) is 24.6. The molecule has 3 aliphatic heterocycles. The van der Waals surface area contributed by atoms with Crippen molar-refractivity contribution in [3.63, 3.8) is 0 Å². The van der Waals surface area contributed by atoms with Crippen LogP contribution in [0.1, 0.15) is 44.5 Å². The monoisotopic (exact) mass is 470 g/mol. The molecule has 1 N–H and O–H groups in total. The minimum Gasteiger partial charge on any atom is -0.369 e. The molecule has 0 bridgehead atoms. The third-order valence-electron chi connectivity index (χ3n) is 7.94. The summed E-state index contributed by atoms with van der Waals surface area (Å²) in [7, 11) is 2.12. The van der Waals surface area contributed by atoms with Crippen LogP contribution >= 0.6 is 0 Å². The summed E-state index contributed by atoms with van der Waals surface area (Å²) in [6.07, 6.45) is 0.452. The SMILES string of the molecule is CCC(C)(C)C(NC(=O)c1ccc(N2CCN(C)CC2)cc1)C(=O)N1C[C@H](C)[C@H]2OCC(=O)[C@H]21. The molecular weight excluding hydrogens is 432 g/mol. The van der Waals surface area contributed by atoms with Gasteiger partial charge in [-0.1, -0.05) is 27.7 Å². The number of fused-ring (bicyclic) bond motifs is 1. The molecule has 0 spiro atoms. The zero-order valence-corrected chi connectivity index (χ0v) is 21.0.